The van der Waals surface area contributed by atoms with Crippen molar-refractivity contribution in [1.82, 2.24) is 0 Å². The van der Waals surface area contributed by atoms with Gasteiger partial charge in [0.25, 0.3) is 0 Å². The van der Waals surface area contributed by atoms with E-state index < -0.39 is 5.97 Å². The van der Waals surface area contributed by atoms with Crippen LogP contribution < -0.4 is 10.6 Å². The van der Waals surface area contributed by atoms with Crippen LogP contribution in [-0.4, -0.2) is 5.97 Å². The molecule has 0 heterocycles. The van der Waals surface area contributed by atoms with Gasteiger partial charge in [0.1, 0.15) is 12.4 Å². The predicted molar refractivity (Wildman–Crippen MR) is 80.8 cm³/mol. The number of hydrogen-bond acceptors (Lipinski definition) is 4. The number of ether oxygens (including phenoxy) is 1. The second-order valence-electron chi connectivity index (χ2n) is 4.55. The van der Waals surface area contributed by atoms with Gasteiger partial charge in [-0.2, -0.15) is 5.90 Å². The van der Waals surface area contributed by atoms with Crippen LogP contribution in [0.15, 0.2) is 48.5 Å². The number of carbonyl (C=O) groups excluding carboxylic acids is 1. The Hall–Kier alpha value is -2.04. The van der Waals surface area contributed by atoms with Crippen LogP contribution in [0.5, 0.6) is 5.75 Å². The van der Waals surface area contributed by atoms with Crippen molar-refractivity contribution in [3.63, 3.8) is 0 Å². The predicted octanol–water partition coefficient (Wildman–Crippen LogP) is 3.27. The number of nitrogens with two attached hydrogens (primary N) is 1. The molecule has 5 heteroatoms. The third-order valence-electron chi connectivity index (χ3n) is 2.97. The van der Waals surface area contributed by atoms with E-state index in [0.717, 1.165) is 16.9 Å². The minimum Gasteiger partial charge on any atom is -0.489 e. The molecule has 0 saturated carbocycles. The Kier molecular flexibility index (Phi) is 5.60. The Labute approximate surface area is 128 Å². The Bertz CT molecular complexity index is 599. The normalized spacial score (nSPS) is 10.2. The van der Waals surface area contributed by atoms with Crippen LogP contribution in [-0.2, 0) is 22.7 Å². The Morgan fingerprint density at radius 2 is 1.86 bits per heavy atom. The molecule has 0 aromatic heterocycles. The molecule has 0 spiro atoms. The molecule has 0 saturated heterocycles. The van der Waals surface area contributed by atoms with Gasteiger partial charge in [0.05, 0.1) is 6.42 Å². The van der Waals surface area contributed by atoms with Gasteiger partial charge in [-0.25, -0.2) is 0 Å². The maximum absolute atomic E-state index is 11.0. The fourth-order valence-electron chi connectivity index (χ4n) is 1.85. The molecule has 0 aliphatic rings. The van der Waals surface area contributed by atoms with Crippen LogP contribution >= 0.6 is 11.6 Å². The molecule has 0 atom stereocenters. The van der Waals surface area contributed by atoms with Crippen LogP contribution in [0.3, 0.4) is 0 Å². The van der Waals surface area contributed by atoms with Crippen LogP contribution in [0.4, 0.5) is 0 Å². The highest BCUT2D eigenvalue weighted by atomic mass is 35.5. The third kappa shape index (κ3) is 5.10. The van der Waals surface area contributed by atoms with Gasteiger partial charge in [-0.1, -0.05) is 35.9 Å². The standard InChI is InChI=1S/C16H16ClNO3/c17-14-3-1-2-13(10-14)11-20-15-7-4-12(5-8-15)6-9-16(19)21-18/h1-5,7-8,10H,6,9,11,18H2. The van der Waals surface area contributed by atoms with E-state index >= 15 is 0 Å². The summed E-state index contributed by atoms with van der Waals surface area (Å²) in [7, 11) is 0. The minimum absolute atomic E-state index is 0.263. The van der Waals surface area contributed by atoms with Crippen molar-refractivity contribution in [2.75, 3.05) is 0 Å². The smallest absolute Gasteiger partial charge is 0.324 e. The van der Waals surface area contributed by atoms with Crippen LogP contribution in [0.25, 0.3) is 0 Å². The van der Waals surface area contributed by atoms with Crippen molar-refractivity contribution in [3.8, 4) is 5.75 Å². The van der Waals surface area contributed by atoms with Gasteiger partial charge in [0.2, 0.25) is 0 Å². The highest BCUT2D eigenvalue weighted by Gasteiger charge is 2.03. The molecule has 21 heavy (non-hydrogen) atoms. The van der Waals surface area contributed by atoms with Gasteiger partial charge in [0, 0.05) is 5.02 Å². The van der Waals surface area contributed by atoms with E-state index in [1.165, 1.54) is 0 Å². The fraction of sp³-hybridized carbons (Fsp3) is 0.188. The molecule has 0 aliphatic carbocycles. The zero-order valence-corrected chi connectivity index (χ0v) is 12.2. The first-order valence-electron chi connectivity index (χ1n) is 6.53. The van der Waals surface area contributed by atoms with Crippen LogP contribution in [0, 0.1) is 0 Å². The molecule has 2 N–H and O–H groups in total. The summed E-state index contributed by atoms with van der Waals surface area (Å²) in [4.78, 5) is 15.1. The number of aryl methyl sites for hydroxylation is 1. The molecule has 0 fully saturated rings. The van der Waals surface area contributed by atoms with Crippen molar-refractivity contribution in [2.45, 2.75) is 19.4 Å². The van der Waals surface area contributed by atoms with Gasteiger partial charge in [0.15, 0.2) is 0 Å². The molecule has 0 radical (unpaired) electrons. The molecule has 2 aromatic carbocycles. The van der Waals surface area contributed by atoms with Crippen molar-refractivity contribution in [1.29, 1.82) is 0 Å². The van der Waals surface area contributed by atoms with E-state index in [4.69, 9.17) is 22.2 Å². The third-order valence-corrected chi connectivity index (χ3v) is 3.20. The van der Waals surface area contributed by atoms with Crippen LogP contribution in [0.2, 0.25) is 5.02 Å². The Balaban J connectivity index is 1.86. The summed E-state index contributed by atoms with van der Waals surface area (Å²) in [6.07, 6.45) is 0.851. The van der Waals surface area contributed by atoms with Crippen molar-refractivity contribution in [3.05, 3.63) is 64.7 Å². The molecule has 2 aromatic rings. The molecule has 0 amide bonds. The lowest BCUT2D eigenvalue weighted by Gasteiger charge is -2.07. The van der Waals surface area contributed by atoms with E-state index in [-0.39, 0.29) is 6.42 Å². The zero-order valence-electron chi connectivity index (χ0n) is 11.4. The maximum Gasteiger partial charge on any atom is 0.324 e. The summed E-state index contributed by atoms with van der Waals surface area (Å²) >= 11 is 5.92. The van der Waals surface area contributed by atoms with Crippen LogP contribution in [0.1, 0.15) is 17.5 Å². The molecule has 0 aliphatic heterocycles. The molecular formula is C16H16ClNO3. The summed E-state index contributed by atoms with van der Waals surface area (Å²) in [5, 5.41) is 0.693. The second-order valence-corrected chi connectivity index (χ2v) is 4.99. The maximum atomic E-state index is 11.0. The van der Waals surface area contributed by atoms with Gasteiger partial charge < -0.3 is 9.57 Å². The number of hydrogen-bond donors (Lipinski definition) is 1. The topological polar surface area (TPSA) is 61.5 Å². The number of rotatable bonds is 6. The monoisotopic (exact) mass is 305 g/mol. The van der Waals surface area contributed by atoms with E-state index in [1.807, 2.05) is 48.5 Å². The fourth-order valence-corrected chi connectivity index (χ4v) is 2.06. The van der Waals surface area contributed by atoms with E-state index in [2.05, 4.69) is 4.84 Å². The van der Waals surface area contributed by atoms with E-state index in [1.54, 1.807) is 0 Å². The number of halogens is 1. The number of benzene rings is 2. The number of carbonyl (C=O) groups is 1. The molecule has 4 nitrogen and oxygen atoms in total. The average molecular weight is 306 g/mol. The second kappa shape index (κ2) is 7.67. The molecule has 2 rings (SSSR count). The van der Waals surface area contributed by atoms with Gasteiger partial charge in [-0.3, -0.25) is 4.79 Å². The minimum atomic E-state index is -0.420. The van der Waals surface area contributed by atoms with E-state index in [9.17, 15) is 4.79 Å². The lowest BCUT2D eigenvalue weighted by atomic mass is 10.1. The summed E-state index contributed by atoms with van der Waals surface area (Å²) in [5.41, 5.74) is 2.03. The van der Waals surface area contributed by atoms with Gasteiger partial charge in [-0.15, -0.1) is 0 Å². The molecule has 110 valence electrons. The lowest BCUT2D eigenvalue weighted by molar-refractivity contribution is -0.144. The summed E-state index contributed by atoms with van der Waals surface area (Å²) in [6, 6.07) is 15.1. The lowest BCUT2D eigenvalue weighted by Crippen LogP contribution is -2.10. The quantitative estimate of drug-likeness (QED) is 0.832. The van der Waals surface area contributed by atoms with Crippen molar-refractivity contribution in [2.24, 2.45) is 5.90 Å². The van der Waals surface area contributed by atoms with Crippen molar-refractivity contribution < 1.29 is 14.4 Å². The molecular weight excluding hydrogens is 290 g/mol. The highest BCUT2D eigenvalue weighted by molar-refractivity contribution is 6.30. The summed E-state index contributed by atoms with van der Waals surface area (Å²) in [6.45, 7) is 0.458. The largest absolute Gasteiger partial charge is 0.489 e. The summed E-state index contributed by atoms with van der Waals surface area (Å²) in [5.74, 6) is 5.13. The zero-order chi connectivity index (χ0) is 15.1. The molecule has 0 unspecified atom stereocenters. The summed E-state index contributed by atoms with van der Waals surface area (Å²) < 4.78 is 5.68. The SMILES string of the molecule is NOC(=O)CCc1ccc(OCc2cccc(Cl)c2)cc1. The van der Waals surface area contributed by atoms with Gasteiger partial charge in [-0.05, 0) is 41.8 Å². The average Bonchev–Trinajstić information content (AvgIpc) is 2.51. The van der Waals surface area contributed by atoms with Crippen molar-refractivity contribution >= 4 is 17.6 Å². The Morgan fingerprint density at radius 1 is 1.10 bits per heavy atom. The highest BCUT2D eigenvalue weighted by Crippen LogP contribution is 2.17. The first-order chi connectivity index (χ1) is 10.2. The first-order valence-corrected chi connectivity index (χ1v) is 6.91. The van der Waals surface area contributed by atoms with E-state index in [0.29, 0.717) is 18.1 Å². The first kappa shape index (κ1) is 15.4. The molecule has 0 bridgehead atoms. The van der Waals surface area contributed by atoms with Gasteiger partial charge >= 0.3 is 5.97 Å². The Morgan fingerprint density at radius 3 is 2.52 bits per heavy atom.